The zero-order chi connectivity index (χ0) is 41.6. The molecule has 0 unspecified atom stereocenters. The Morgan fingerprint density at radius 3 is 1.55 bits per heavy atom. The normalized spacial score (nSPS) is 12.4. The van der Waals surface area contributed by atoms with Crippen LogP contribution in [0.5, 0.6) is 0 Å². The van der Waals surface area contributed by atoms with Crippen molar-refractivity contribution in [2.45, 2.75) is 0 Å². The first-order valence-electron chi connectivity index (χ1n) is 22.2. The van der Waals surface area contributed by atoms with Crippen molar-refractivity contribution in [2.75, 3.05) is 0 Å². The minimum atomic E-state index is 0.897. The Kier molecular flexibility index (Phi) is 6.71. The van der Waals surface area contributed by atoms with Crippen LogP contribution in [0.15, 0.2) is 217 Å². The van der Waals surface area contributed by atoms with Gasteiger partial charge >= 0.3 is 0 Å². The number of fused-ring (bicyclic) bond motifs is 14. The van der Waals surface area contributed by atoms with Crippen molar-refractivity contribution < 1.29 is 4.42 Å². The van der Waals surface area contributed by atoms with Crippen molar-refractivity contribution in [1.82, 2.24) is 4.57 Å². The Labute approximate surface area is 366 Å². The van der Waals surface area contributed by atoms with Gasteiger partial charge in [0.1, 0.15) is 11.2 Å². The first-order valence-corrected chi connectivity index (χ1v) is 22.2. The number of hydrogen-bond donors (Lipinski definition) is 0. The smallest absolute Gasteiger partial charge is 0.135 e. The molecule has 0 atom stereocenters. The van der Waals surface area contributed by atoms with E-state index in [0.717, 1.165) is 21.9 Å². The van der Waals surface area contributed by atoms with Crippen LogP contribution in [-0.4, -0.2) is 4.57 Å². The van der Waals surface area contributed by atoms with E-state index < -0.39 is 0 Å². The summed E-state index contributed by atoms with van der Waals surface area (Å²) in [5.41, 5.74) is 10.2. The highest BCUT2D eigenvalue weighted by Crippen LogP contribution is 2.46. The molecule has 13 aromatic carbocycles. The predicted octanol–water partition coefficient (Wildman–Crippen LogP) is 17.5. The van der Waals surface area contributed by atoms with Gasteiger partial charge in [0.05, 0.1) is 11.0 Å². The Hall–Kier alpha value is -8.46. The number of furan rings is 1. The molecule has 2 heterocycles. The zero-order valence-corrected chi connectivity index (χ0v) is 34.6. The second-order valence-electron chi connectivity index (χ2n) is 17.5. The molecule has 0 aliphatic carbocycles. The minimum absolute atomic E-state index is 0.897. The molecule has 15 aromatic rings. The van der Waals surface area contributed by atoms with E-state index in [1.165, 1.54) is 125 Å². The van der Waals surface area contributed by atoms with Crippen LogP contribution in [0.2, 0.25) is 0 Å². The van der Waals surface area contributed by atoms with Gasteiger partial charge in [0, 0.05) is 27.2 Å². The third kappa shape index (κ3) is 4.58. The molecule has 294 valence electrons. The van der Waals surface area contributed by atoms with Crippen LogP contribution in [0.3, 0.4) is 0 Å². The fourth-order valence-electron chi connectivity index (χ4n) is 11.5. The molecule has 0 aliphatic heterocycles. The van der Waals surface area contributed by atoms with Gasteiger partial charge in [-0.2, -0.15) is 0 Å². The molecule has 0 saturated heterocycles. The second-order valence-corrected chi connectivity index (χ2v) is 17.5. The Bertz CT molecular complexity index is 4420. The van der Waals surface area contributed by atoms with E-state index in [2.05, 4.69) is 217 Å². The highest BCUT2D eigenvalue weighted by Gasteiger charge is 2.19. The molecular formula is C62H35NO. The standard InChI is InChI=1S/C62H35NO/c1-2-13-40(14-3-1)63-57-22-7-6-17-45(57)54-34-52-44-26-23-37(31-51(44)42-15-4-5-16-43(42)53(52)35-58(54)63)38-24-29-59-55(32-38)56-33-39(25-30-60(56)64-59)41-27-28-50-48-19-9-12-36-11-8-18-47(61(36)48)49-21-10-20-46(41)62(49)50/h1-35H. The van der Waals surface area contributed by atoms with E-state index in [-0.39, 0.29) is 0 Å². The highest BCUT2D eigenvalue weighted by atomic mass is 16.3. The number of nitrogens with zero attached hydrogens (tertiary/aromatic N) is 1. The summed E-state index contributed by atoms with van der Waals surface area (Å²) < 4.78 is 8.94. The fourth-order valence-corrected chi connectivity index (χ4v) is 11.5. The summed E-state index contributed by atoms with van der Waals surface area (Å²) in [5, 5.41) is 22.8. The lowest BCUT2D eigenvalue weighted by Crippen LogP contribution is -1.93. The zero-order valence-electron chi connectivity index (χ0n) is 34.6. The molecule has 0 aliphatic rings. The summed E-state index contributed by atoms with van der Waals surface area (Å²) in [7, 11) is 0. The highest BCUT2D eigenvalue weighted by molar-refractivity contribution is 6.34. The third-order valence-electron chi connectivity index (χ3n) is 14.3. The largest absolute Gasteiger partial charge is 0.456 e. The molecule has 0 N–H and O–H groups in total. The lowest BCUT2D eigenvalue weighted by Gasteiger charge is -2.16. The topological polar surface area (TPSA) is 18.1 Å². The number of para-hydroxylation sites is 2. The van der Waals surface area contributed by atoms with Crippen LogP contribution in [-0.2, 0) is 0 Å². The third-order valence-corrected chi connectivity index (χ3v) is 14.3. The van der Waals surface area contributed by atoms with Crippen LogP contribution >= 0.6 is 0 Å². The first kappa shape index (κ1) is 34.2. The summed E-state index contributed by atoms with van der Waals surface area (Å²) in [6, 6.07) is 78.6. The lowest BCUT2D eigenvalue weighted by atomic mass is 9.87. The van der Waals surface area contributed by atoms with Crippen molar-refractivity contribution >= 4 is 119 Å². The summed E-state index contributed by atoms with van der Waals surface area (Å²) >= 11 is 0. The molecule has 0 radical (unpaired) electrons. The molecule has 64 heavy (non-hydrogen) atoms. The average Bonchev–Trinajstić information content (AvgIpc) is 3.89. The van der Waals surface area contributed by atoms with E-state index in [1.54, 1.807) is 0 Å². The van der Waals surface area contributed by atoms with Crippen LogP contribution < -0.4 is 0 Å². The lowest BCUT2D eigenvalue weighted by molar-refractivity contribution is 0.669. The summed E-state index contributed by atoms with van der Waals surface area (Å²) in [6.45, 7) is 0. The van der Waals surface area contributed by atoms with Gasteiger partial charge in [-0.25, -0.2) is 0 Å². The van der Waals surface area contributed by atoms with E-state index in [0.29, 0.717) is 0 Å². The second kappa shape index (κ2) is 12.6. The van der Waals surface area contributed by atoms with Gasteiger partial charge in [0.15, 0.2) is 0 Å². The molecular weight excluding hydrogens is 775 g/mol. The van der Waals surface area contributed by atoms with Gasteiger partial charge < -0.3 is 8.98 Å². The molecule has 2 aromatic heterocycles. The van der Waals surface area contributed by atoms with E-state index in [9.17, 15) is 0 Å². The van der Waals surface area contributed by atoms with Crippen molar-refractivity contribution in [3.63, 3.8) is 0 Å². The van der Waals surface area contributed by atoms with Crippen LogP contribution in [0.25, 0.3) is 147 Å². The number of hydrogen-bond acceptors (Lipinski definition) is 1. The molecule has 15 rings (SSSR count). The van der Waals surface area contributed by atoms with Crippen molar-refractivity contribution in [1.29, 1.82) is 0 Å². The van der Waals surface area contributed by atoms with Crippen molar-refractivity contribution in [3.8, 4) is 27.9 Å². The fraction of sp³-hybridized carbons (Fsp3) is 0. The quantitative estimate of drug-likeness (QED) is 0.128. The average molecular weight is 810 g/mol. The molecule has 0 amide bonds. The summed E-state index contributed by atoms with van der Waals surface area (Å²) in [4.78, 5) is 0. The minimum Gasteiger partial charge on any atom is -0.456 e. The summed E-state index contributed by atoms with van der Waals surface area (Å²) in [5.74, 6) is 0. The maximum absolute atomic E-state index is 6.53. The van der Waals surface area contributed by atoms with E-state index in [1.807, 2.05) is 0 Å². The van der Waals surface area contributed by atoms with E-state index in [4.69, 9.17) is 4.42 Å². The van der Waals surface area contributed by atoms with Crippen molar-refractivity contribution in [2.24, 2.45) is 0 Å². The Balaban J connectivity index is 0.908. The monoisotopic (exact) mass is 809 g/mol. The first-order chi connectivity index (χ1) is 31.7. The summed E-state index contributed by atoms with van der Waals surface area (Å²) in [6.07, 6.45) is 0. The van der Waals surface area contributed by atoms with Gasteiger partial charge in [-0.05, 0) is 158 Å². The number of aromatic nitrogens is 1. The van der Waals surface area contributed by atoms with Gasteiger partial charge in [0.2, 0.25) is 0 Å². The van der Waals surface area contributed by atoms with Gasteiger partial charge in [-0.1, -0.05) is 152 Å². The SMILES string of the molecule is c1ccc(-n2c3ccccc3c3cc4c5ccc(-c6ccc7oc8ccc(-c9ccc%10c%11cccc%12cccc(c%13cccc9c%13%10)c%12%11)cc8c7c6)cc5c5ccccc5c4cc32)cc1. The Morgan fingerprint density at radius 1 is 0.266 bits per heavy atom. The van der Waals surface area contributed by atoms with Crippen LogP contribution in [0, 0.1) is 0 Å². The maximum Gasteiger partial charge on any atom is 0.135 e. The number of benzene rings is 13. The number of rotatable bonds is 3. The Morgan fingerprint density at radius 2 is 0.781 bits per heavy atom. The van der Waals surface area contributed by atoms with Crippen molar-refractivity contribution in [3.05, 3.63) is 212 Å². The maximum atomic E-state index is 6.53. The van der Waals surface area contributed by atoms with Gasteiger partial charge in [0.25, 0.3) is 0 Å². The molecule has 2 heteroatoms. The van der Waals surface area contributed by atoms with Gasteiger partial charge in [-0.15, -0.1) is 0 Å². The van der Waals surface area contributed by atoms with Gasteiger partial charge in [-0.3, -0.25) is 0 Å². The molecule has 0 fully saturated rings. The van der Waals surface area contributed by atoms with Crippen LogP contribution in [0.1, 0.15) is 0 Å². The van der Waals surface area contributed by atoms with E-state index >= 15 is 0 Å². The molecule has 0 bridgehead atoms. The van der Waals surface area contributed by atoms with Crippen LogP contribution in [0.4, 0.5) is 0 Å². The molecule has 0 spiro atoms. The predicted molar refractivity (Wildman–Crippen MR) is 273 cm³/mol. The molecule has 2 nitrogen and oxygen atoms in total. The molecule has 0 saturated carbocycles.